The molecular formula is C21H26Cl2N6. The van der Waals surface area contributed by atoms with Crippen molar-refractivity contribution in [1.29, 1.82) is 16.5 Å². The Morgan fingerprint density at radius 1 is 1.00 bits per heavy atom. The number of hydrogen-bond donors (Lipinski definition) is 4. The molecule has 0 atom stereocenters. The molecule has 1 saturated heterocycles. The highest BCUT2D eigenvalue weighted by Gasteiger charge is 2.44. The first kappa shape index (κ1) is 21.6. The number of hydrogen-bond acceptors (Lipinski definition) is 5. The molecule has 1 fully saturated rings. The van der Waals surface area contributed by atoms with Gasteiger partial charge in [-0.05, 0) is 80.5 Å². The number of likely N-dealkylation sites (tertiary alicyclic amines) is 1. The molecule has 0 saturated carbocycles. The van der Waals surface area contributed by atoms with Crippen LogP contribution in [0.3, 0.4) is 0 Å². The predicted octanol–water partition coefficient (Wildman–Crippen LogP) is 5.38. The lowest BCUT2D eigenvalue weighted by Gasteiger charge is -2.49. The zero-order valence-corrected chi connectivity index (χ0v) is 17.9. The number of fused-ring (bicyclic) bond motifs is 4. The summed E-state index contributed by atoms with van der Waals surface area (Å²) in [5.41, 5.74) is 20.4. The van der Waals surface area contributed by atoms with Crippen molar-refractivity contribution in [3.05, 3.63) is 57.6 Å². The predicted molar refractivity (Wildman–Crippen MR) is 119 cm³/mol. The number of nitrogens with one attached hydrogen (secondary N) is 3. The van der Waals surface area contributed by atoms with E-state index in [2.05, 4.69) is 41.1 Å². The summed E-state index contributed by atoms with van der Waals surface area (Å²) in [7, 11) is 2.17. The van der Waals surface area contributed by atoms with E-state index in [0.29, 0.717) is 13.0 Å². The lowest BCUT2D eigenvalue weighted by molar-refractivity contribution is 0.212. The number of halogens is 2. The molecule has 8 heteroatoms. The van der Waals surface area contributed by atoms with Crippen LogP contribution in [0.2, 0.25) is 10.0 Å². The Morgan fingerprint density at radius 2 is 1.48 bits per heavy atom. The van der Waals surface area contributed by atoms with Crippen LogP contribution in [0.25, 0.3) is 0 Å². The molecule has 0 radical (unpaired) electrons. The Balaban J connectivity index is 0.00000117. The minimum Gasteiger partial charge on any atom is -0.388 e. The fraction of sp³-hybridized carbons (Fsp3) is 0.381. The van der Waals surface area contributed by atoms with E-state index in [0.717, 1.165) is 36.0 Å². The van der Waals surface area contributed by atoms with Gasteiger partial charge in [0.1, 0.15) is 0 Å². The molecule has 2 aliphatic heterocycles. The molecule has 0 aromatic heterocycles. The Morgan fingerprint density at radius 3 is 1.93 bits per heavy atom. The zero-order valence-electron chi connectivity index (χ0n) is 16.4. The van der Waals surface area contributed by atoms with Crippen LogP contribution in [0.5, 0.6) is 0 Å². The molecule has 154 valence electrons. The Kier molecular flexibility index (Phi) is 6.46. The van der Waals surface area contributed by atoms with E-state index < -0.39 is 0 Å². The first-order valence-electron chi connectivity index (χ1n) is 9.55. The first-order valence-corrected chi connectivity index (χ1v) is 10.3. The van der Waals surface area contributed by atoms with Gasteiger partial charge in [0, 0.05) is 39.8 Å². The molecule has 29 heavy (non-hydrogen) atoms. The monoisotopic (exact) mass is 432 g/mol. The maximum atomic E-state index is 7.66. The summed E-state index contributed by atoms with van der Waals surface area (Å²) in [6.07, 6.45) is 2.58. The van der Waals surface area contributed by atoms with Gasteiger partial charge in [0.15, 0.2) is 0 Å². The fourth-order valence-corrected chi connectivity index (χ4v) is 4.89. The van der Waals surface area contributed by atoms with Crippen LogP contribution in [0.1, 0.15) is 30.4 Å². The maximum Gasteiger partial charge on any atom is 0.0923 e. The zero-order chi connectivity index (χ0) is 21.2. The summed E-state index contributed by atoms with van der Waals surface area (Å²) in [5.74, 6) is 0.195. The van der Waals surface area contributed by atoms with Crippen LogP contribution in [-0.2, 0) is 5.41 Å². The lowest BCUT2D eigenvalue weighted by Crippen LogP contribution is -2.45. The topological polar surface area (TPSA) is 104 Å². The second kappa shape index (κ2) is 8.69. The highest BCUT2D eigenvalue weighted by molar-refractivity contribution is 6.31. The van der Waals surface area contributed by atoms with Gasteiger partial charge >= 0.3 is 0 Å². The standard InChI is InChI=1S/C21H24Cl2N4.H2N2/c1-26-10-7-21(8-11-26)16-12-14(22)2-4-18(16)27(9-6-20(24)25)19-5-3-15(23)13-17(19)21;1-2/h2-5,12-13H,6-11H2,1H3,(H3,24,25);1-2H. The van der Waals surface area contributed by atoms with Gasteiger partial charge in [0.25, 0.3) is 0 Å². The van der Waals surface area contributed by atoms with Crippen LogP contribution >= 0.6 is 23.2 Å². The smallest absolute Gasteiger partial charge is 0.0923 e. The number of piperidine rings is 1. The number of rotatable bonds is 3. The third-order valence-corrected chi connectivity index (χ3v) is 6.45. The van der Waals surface area contributed by atoms with E-state index in [4.69, 9.17) is 45.4 Å². The molecule has 2 heterocycles. The Labute approximate surface area is 181 Å². The fourth-order valence-electron chi connectivity index (χ4n) is 4.54. The maximum absolute atomic E-state index is 7.66. The second-order valence-corrected chi connectivity index (χ2v) is 8.51. The molecular weight excluding hydrogens is 407 g/mol. The molecule has 0 unspecified atom stereocenters. The summed E-state index contributed by atoms with van der Waals surface area (Å²) < 4.78 is 0. The Hall–Kier alpha value is -2.15. The SMILES string of the molecule is CN1CCC2(CC1)c1cc(Cl)ccc1N(CCC(=N)N)c1ccc(Cl)cc12.N=N. The molecule has 1 spiro atoms. The van der Waals surface area contributed by atoms with E-state index in [1.54, 1.807) is 0 Å². The molecule has 0 amide bonds. The van der Waals surface area contributed by atoms with E-state index >= 15 is 0 Å². The van der Waals surface area contributed by atoms with Gasteiger partial charge in [-0.2, -0.15) is 0 Å². The van der Waals surface area contributed by atoms with Crippen molar-refractivity contribution < 1.29 is 0 Å². The van der Waals surface area contributed by atoms with Crippen molar-refractivity contribution in [3.63, 3.8) is 0 Å². The summed E-state index contributed by atoms with van der Waals surface area (Å²) in [5, 5.41) is 9.17. The van der Waals surface area contributed by atoms with Crippen LogP contribution < -0.4 is 10.6 Å². The summed E-state index contributed by atoms with van der Waals surface area (Å²) in [6, 6.07) is 12.3. The number of benzene rings is 2. The quantitative estimate of drug-likeness (QED) is 0.297. The molecule has 5 N–H and O–H groups in total. The van der Waals surface area contributed by atoms with Gasteiger partial charge in [-0.15, -0.1) is 0 Å². The third-order valence-electron chi connectivity index (χ3n) is 5.98. The van der Waals surface area contributed by atoms with Crippen LogP contribution in [0, 0.1) is 16.5 Å². The van der Waals surface area contributed by atoms with E-state index in [1.165, 1.54) is 22.5 Å². The van der Waals surface area contributed by atoms with E-state index in [9.17, 15) is 0 Å². The normalized spacial score (nSPS) is 17.1. The Bertz CT molecular complexity index is 853. The number of amidine groups is 1. The number of nitrogens with zero attached hydrogens (tertiary/aromatic N) is 2. The van der Waals surface area contributed by atoms with Crippen LogP contribution in [0.4, 0.5) is 11.4 Å². The van der Waals surface area contributed by atoms with Gasteiger partial charge in [-0.1, -0.05) is 23.2 Å². The third kappa shape index (κ3) is 3.97. The van der Waals surface area contributed by atoms with Crippen LogP contribution in [0.15, 0.2) is 36.4 Å². The second-order valence-electron chi connectivity index (χ2n) is 7.64. The molecule has 2 aliphatic rings. The van der Waals surface area contributed by atoms with Gasteiger partial charge in [-0.3, -0.25) is 5.41 Å². The van der Waals surface area contributed by atoms with Crippen molar-refractivity contribution >= 4 is 40.4 Å². The van der Waals surface area contributed by atoms with Gasteiger partial charge in [-0.25, -0.2) is 11.1 Å². The van der Waals surface area contributed by atoms with Gasteiger partial charge < -0.3 is 15.5 Å². The average Bonchev–Trinajstić information content (AvgIpc) is 2.71. The minimum atomic E-state index is -0.0836. The molecule has 2 aromatic carbocycles. The largest absolute Gasteiger partial charge is 0.388 e. The lowest BCUT2D eigenvalue weighted by atomic mass is 9.65. The highest BCUT2D eigenvalue weighted by Crippen LogP contribution is 2.54. The first-order chi connectivity index (χ1) is 13.9. The van der Waals surface area contributed by atoms with Crippen LogP contribution in [-0.4, -0.2) is 37.4 Å². The molecule has 0 aliphatic carbocycles. The summed E-state index contributed by atoms with van der Waals surface area (Å²) in [4.78, 5) is 4.64. The number of nitrogens with two attached hydrogens (primary N) is 1. The van der Waals surface area contributed by atoms with Crippen molar-refractivity contribution in [2.45, 2.75) is 24.7 Å². The molecule has 0 bridgehead atoms. The highest BCUT2D eigenvalue weighted by atomic mass is 35.5. The van der Waals surface area contributed by atoms with Gasteiger partial charge in [0.2, 0.25) is 0 Å². The van der Waals surface area contributed by atoms with Gasteiger partial charge in [0.05, 0.1) is 5.84 Å². The molecule has 6 nitrogen and oxygen atoms in total. The molecule has 2 aromatic rings. The van der Waals surface area contributed by atoms with Crippen molar-refractivity contribution in [1.82, 2.24) is 4.90 Å². The summed E-state index contributed by atoms with van der Waals surface area (Å²) in [6.45, 7) is 2.73. The number of anilines is 2. The summed E-state index contributed by atoms with van der Waals surface area (Å²) >= 11 is 12.9. The van der Waals surface area contributed by atoms with E-state index in [1.807, 2.05) is 12.1 Å². The van der Waals surface area contributed by atoms with Crippen molar-refractivity contribution in [2.75, 3.05) is 31.6 Å². The minimum absolute atomic E-state index is 0.0836. The van der Waals surface area contributed by atoms with Crippen molar-refractivity contribution in [3.8, 4) is 0 Å². The van der Waals surface area contributed by atoms with E-state index in [-0.39, 0.29) is 11.3 Å². The average molecular weight is 433 g/mol. The van der Waals surface area contributed by atoms with Crippen molar-refractivity contribution in [2.24, 2.45) is 5.73 Å². The molecule has 4 rings (SSSR count).